The zero-order valence-electron chi connectivity index (χ0n) is 14.9. The summed E-state index contributed by atoms with van der Waals surface area (Å²) in [6.45, 7) is 2.80. The number of fused-ring (bicyclic) bond motifs is 1. The molecule has 0 saturated carbocycles. The van der Waals surface area contributed by atoms with Crippen LogP contribution in [0.2, 0.25) is 0 Å². The van der Waals surface area contributed by atoms with Crippen LogP contribution in [0.1, 0.15) is 33.0 Å². The number of carbonyl (C=O) groups is 1. The molecule has 0 N–H and O–H groups in total. The van der Waals surface area contributed by atoms with E-state index in [2.05, 4.69) is 32.4 Å². The molecule has 3 nitrogen and oxygen atoms in total. The average Bonchev–Trinajstić information content (AvgIpc) is 3.11. The van der Waals surface area contributed by atoms with Crippen LogP contribution in [0.15, 0.2) is 57.2 Å². The van der Waals surface area contributed by atoms with Crippen LogP contribution >= 0.6 is 39.0 Å². The van der Waals surface area contributed by atoms with Crippen molar-refractivity contribution in [2.24, 2.45) is 0 Å². The maximum absolute atomic E-state index is 13.0. The number of thioether (sulfide) groups is 1. The summed E-state index contributed by atoms with van der Waals surface area (Å²) in [4.78, 5) is 20.6. The van der Waals surface area contributed by atoms with Crippen molar-refractivity contribution in [2.75, 3.05) is 11.4 Å². The summed E-state index contributed by atoms with van der Waals surface area (Å²) in [5, 5.41) is 3.20. The van der Waals surface area contributed by atoms with E-state index in [1.165, 1.54) is 5.56 Å². The number of hydrogen-bond acceptors (Lipinski definition) is 4. The predicted octanol–water partition coefficient (Wildman–Crippen LogP) is 6.10. The second-order valence-electron chi connectivity index (χ2n) is 6.50. The third-order valence-electron chi connectivity index (χ3n) is 4.56. The quantitative estimate of drug-likeness (QED) is 0.442. The molecule has 1 aliphatic heterocycles. The van der Waals surface area contributed by atoms with E-state index in [1.807, 2.05) is 48.2 Å². The van der Waals surface area contributed by atoms with E-state index in [9.17, 15) is 4.79 Å². The minimum Gasteiger partial charge on any atom is -0.308 e. The van der Waals surface area contributed by atoms with Gasteiger partial charge in [0.2, 0.25) is 0 Å². The third kappa shape index (κ3) is 4.28. The Labute approximate surface area is 176 Å². The average molecular weight is 459 g/mol. The molecule has 27 heavy (non-hydrogen) atoms. The Morgan fingerprint density at radius 2 is 2.07 bits per heavy atom. The van der Waals surface area contributed by atoms with Crippen molar-refractivity contribution in [3.8, 4) is 0 Å². The number of amides is 1. The summed E-state index contributed by atoms with van der Waals surface area (Å²) >= 11 is 6.95. The van der Waals surface area contributed by atoms with Crippen LogP contribution in [0, 0.1) is 6.92 Å². The normalized spacial score (nSPS) is 13.5. The minimum atomic E-state index is 0.0740. The molecule has 6 heteroatoms. The van der Waals surface area contributed by atoms with Gasteiger partial charge in [0.25, 0.3) is 5.91 Å². The Bertz CT molecular complexity index is 969. The first kappa shape index (κ1) is 18.7. The fourth-order valence-electron chi connectivity index (χ4n) is 3.26. The standard InChI is InChI=1S/C21H19BrN2OS2/c1-14-23-18(12-26-14)13-27-19-7-4-15(5-8-19)21(25)24-10-2-3-16-11-17(22)6-9-20(16)24/h4-9,11-12H,2-3,10,13H2,1H3. The van der Waals surface area contributed by atoms with Gasteiger partial charge in [-0.25, -0.2) is 4.98 Å². The van der Waals surface area contributed by atoms with Crippen LogP contribution in [0.5, 0.6) is 0 Å². The second-order valence-corrected chi connectivity index (χ2v) is 9.53. The molecule has 2 heterocycles. The van der Waals surface area contributed by atoms with Crippen LogP contribution in [0.4, 0.5) is 5.69 Å². The largest absolute Gasteiger partial charge is 0.308 e. The summed E-state index contributed by atoms with van der Waals surface area (Å²) in [6.07, 6.45) is 2.01. The van der Waals surface area contributed by atoms with Crippen molar-refractivity contribution >= 4 is 50.6 Å². The highest BCUT2D eigenvalue weighted by Gasteiger charge is 2.23. The molecule has 0 atom stereocenters. The van der Waals surface area contributed by atoms with Gasteiger partial charge in [0.1, 0.15) is 0 Å². The molecule has 0 radical (unpaired) electrons. The van der Waals surface area contributed by atoms with Crippen LogP contribution < -0.4 is 4.90 Å². The lowest BCUT2D eigenvalue weighted by Gasteiger charge is -2.29. The van der Waals surface area contributed by atoms with Gasteiger partial charge in [-0.05, 0) is 67.8 Å². The number of aromatic nitrogens is 1. The zero-order chi connectivity index (χ0) is 18.8. The number of carbonyl (C=O) groups excluding carboxylic acids is 1. The van der Waals surface area contributed by atoms with E-state index in [1.54, 1.807) is 23.1 Å². The van der Waals surface area contributed by atoms with Crippen LogP contribution in [0.3, 0.4) is 0 Å². The zero-order valence-corrected chi connectivity index (χ0v) is 18.2. The molecule has 138 valence electrons. The molecule has 0 unspecified atom stereocenters. The van der Waals surface area contributed by atoms with Gasteiger partial charge in [-0.3, -0.25) is 4.79 Å². The SMILES string of the molecule is Cc1nc(CSc2ccc(C(=O)N3CCCc4cc(Br)ccc43)cc2)cs1. The van der Waals surface area contributed by atoms with Crippen molar-refractivity contribution in [3.63, 3.8) is 0 Å². The molecule has 0 aliphatic carbocycles. The van der Waals surface area contributed by atoms with Gasteiger partial charge in [-0.2, -0.15) is 0 Å². The topological polar surface area (TPSA) is 33.2 Å². The monoisotopic (exact) mass is 458 g/mol. The second kappa shape index (κ2) is 8.17. The summed E-state index contributed by atoms with van der Waals surface area (Å²) < 4.78 is 1.06. The molecule has 3 aromatic rings. The van der Waals surface area contributed by atoms with Crippen LogP contribution in [-0.4, -0.2) is 17.4 Å². The Kier molecular flexibility index (Phi) is 5.66. The van der Waals surface area contributed by atoms with Crippen molar-refractivity contribution < 1.29 is 4.79 Å². The summed E-state index contributed by atoms with van der Waals surface area (Å²) in [5.74, 6) is 0.927. The van der Waals surface area contributed by atoms with E-state index in [-0.39, 0.29) is 5.91 Å². The highest BCUT2D eigenvalue weighted by Crippen LogP contribution is 2.31. The van der Waals surface area contributed by atoms with E-state index >= 15 is 0 Å². The Hall–Kier alpha value is -1.63. The number of anilines is 1. The number of aryl methyl sites for hydroxylation is 2. The number of halogens is 1. The van der Waals surface area contributed by atoms with Gasteiger partial charge < -0.3 is 4.90 Å². The Morgan fingerprint density at radius 3 is 2.81 bits per heavy atom. The first-order valence-electron chi connectivity index (χ1n) is 8.84. The molecule has 2 aromatic carbocycles. The first-order chi connectivity index (χ1) is 13.1. The number of hydrogen-bond donors (Lipinski definition) is 0. The van der Waals surface area contributed by atoms with Gasteiger partial charge in [0.05, 0.1) is 10.7 Å². The fraction of sp³-hybridized carbons (Fsp3) is 0.238. The molecule has 0 saturated heterocycles. The molecule has 0 spiro atoms. The molecule has 1 amide bonds. The maximum Gasteiger partial charge on any atom is 0.258 e. The number of benzene rings is 2. The lowest BCUT2D eigenvalue weighted by molar-refractivity contribution is 0.0985. The van der Waals surface area contributed by atoms with E-state index in [0.717, 1.165) is 56.5 Å². The highest BCUT2D eigenvalue weighted by molar-refractivity contribution is 9.10. The predicted molar refractivity (Wildman–Crippen MR) is 117 cm³/mol. The molecular weight excluding hydrogens is 440 g/mol. The van der Waals surface area contributed by atoms with Crippen molar-refractivity contribution in [1.82, 2.24) is 4.98 Å². The van der Waals surface area contributed by atoms with Gasteiger partial charge in [-0.15, -0.1) is 23.1 Å². The Morgan fingerprint density at radius 1 is 1.26 bits per heavy atom. The molecule has 4 rings (SSSR count). The van der Waals surface area contributed by atoms with Crippen molar-refractivity contribution in [1.29, 1.82) is 0 Å². The first-order valence-corrected chi connectivity index (χ1v) is 11.5. The van der Waals surface area contributed by atoms with Gasteiger partial charge in [-0.1, -0.05) is 15.9 Å². The maximum atomic E-state index is 13.0. The van der Waals surface area contributed by atoms with Crippen LogP contribution in [0.25, 0.3) is 0 Å². The lowest BCUT2D eigenvalue weighted by atomic mass is 10.0. The molecule has 0 bridgehead atoms. The highest BCUT2D eigenvalue weighted by atomic mass is 79.9. The fourth-order valence-corrected chi connectivity index (χ4v) is 5.18. The minimum absolute atomic E-state index is 0.0740. The molecular formula is C21H19BrN2OS2. The summed E-state index contributed by atoms with van der Waals surface area (Å²) in [6, 6.07) is 14.1. The smallest absolute Gasteiger partial charge is 0.258 e. The van der Waals surface area contributed by atoms with Gasteiger partial charge in [0.15, 0.2) is 0 Å². The third-order valence-corrected chi connectivity index (χ3v) is 6.92. The Balaban J connectivity index is 1.47. The van der Waals surface area contributed by atoms with E-state index < -0.39 is 0 Å². The van der Waals surface area contributed by atoms with Crippen LogP contribution in [-0.2, 0) is 12.2 Å². The van der Waals surface area contributed by atoms with Crippen molar-refractivity contribution in [3.05, 3.63) is 74.1 Å². The van der Waals surface area contributed by atoms with Gasteiger partial charge in [0, 0.05) is 38.3 Å². The molecule has 1 aromatic heterocycles. The van der Waals surface area contributed by atoms with Gasteiger partial charge >= 0.3 is 0 Å². The van der Waals surface area contributed by atoms with Crippen molar-refractivity contribution in [2.45, 2.75) is 30.4 Å². The number of rotatable bonds is 4. The van der Waals surface area contributed by atoms with E-state index in [0.29, 0.717) is 0 Å². The lowest BCUT2D eigenvalue weighted by Crippen LogP contribution is -2.35. The molecule has 1 aliphatic rings. The van der Waals surface area contributed by atoms with E-state index in [4.69, 9.17) is 0 Å². The molecule has 0 fully saturated rings. The summed E-state index contributed by atoms with van der Waals surface area (Å²) in [5.41, 5.74) is 4.11. The number of thiazole rings is 1. The summed E-state index contributed by atoms with van der Waals surface area (Å²) in [7, 11) is 0. The number of nitrogens with zero attached hydrogens (tertiary/aromatic N) is 2.